The van der Waals surface area contributed by atoms with Gasteiger partial charge in [-0.3, -0.25) is 0 Å². The van der Waals surface area contributed by atoms with Gasteiger partial charge in [-0.05, 0) is 64.8 Å². The summed E-state index contributed by atoms with van der Waals surface area (Å²) >= 11 is 1.97. The lowest BCUT2D eigenvalue weighted by molar-refractivity contribution is 0.227. The number of thioether (sulfide) groups is 1. The van der Waals surface area contributed by atoms with Crippen LogP contribution in [-0.2, 0) is 0 Å². The van der Waals surface area contributed by atoms with Crippen molar-refractivity contribution in [2.45, 2.75) is 51.5 Å². The van der Waals surface area contributed by atoms with Gasteiger partial charge in [-0.2, -0.15) is 11.8 Å². The fraction of sp³-hybridized carbons (Fsp3) is 1.00. The largest absolute Gasteiger partial charge is 0.310 e. The minimum Gasteiger partial charge on any atom is -0.310 e. The van der Waals surface area contributed by atoms with Gasteiger partial charge in [0.15, 0.2) is 0 Å². The van der Waals surface area contributed by atoms with Crippen LogP contribution in [-0.4, -0.2) is 48.6 Å². The Morgan fingerprint density at radius 3 is 2.71 bits per heavy atom. The molecule has 0 spiro atoms. The Bertz CT molecular complexity index is 195. The van der Waals surface area contributed by atoms with Crippen molar-refractivity contribution in [1.29, 1.82) is 0 Å². The molecule has 0 bridgehead atoms. The van der Waals surface area contributed by atoms with E-state index >= 15 is 0 Å². The van der Waals surface area contributed by atoms with E-state index in [0.717, 1.165) is 0 Å². The molecule has 0 atom stereocenters. The van der Waals surface area contributed by atoms with Crippen molar-refractivity contribution in [3.63, 3.8) is 0 Å². The normalized spacial score (nSPS) is 21.4. The van der Waals surface area contributed by atoms with Crippen molar-refractivity contribution in [2.75, 3.05) is 38.2 Å². The molecular weight excluding hydrogens is 228 g/mol. The van der Waals surface area contributed by atoms with E-state index in [4.69, 9.17) is 0 Å². The van der Waals surface area contributed by atoms with E-state index in [9.17, 15) is 0 Å². The zero-order valence-electron chi connectivity index (χ0n) is 11.9. The van der Waals surface area contributed by atoms with Crippen molar-refractivity contribution in [3.05, 3.63) is 0 Å². The second kappa shape index (κ2) is 8.39. The molecule has 102 valence electrons. The number of unbranched alkanes of at least 4 members (excludes halogenated alkanes) is 3. The first-order valence-corrected chi connectivity index (χ1v) is 8.50. The zero-order chi connectivity index (χ0) is 12.6. The summed E-state index contributed by atoms with van der Waals surface area (Å²) in [5.41, 5.74) is 0.301. The second-order valence-electron chi connectivity index (χ2n) is 5.85. The fourth-order valence-corrected chi connectivity index (χ4v) is 3.04. The Hall–Kier alpha value is 0.270. The Morgan fingerprint density at radius 2 is 1.94 bits per heavy atom. The molecular formula is C14H30N2S. The van der Waals surface area contributed by atoms with Crippen molar-refractivity contribution in [1.82, 2.24) is 10.2 Å². The number of hydrogen-bond acceptors (Lipinski definition) is 3. The molecule has 1 aliphatic rings. The summed E-state index contributed by atoms with van der Waals surface area (Å²) in [5, 5.41) is 3.62. The van der Waals surface area contributed by atoms with Gasteiger partial charge < -0.3 is 10.2 Å². The van der Waals surface area contributed by atoms with Crippen LogP contribution in [0.4, 0.5) is 0 Å². The Balaban J connectivity index is 2.09. The fourth-order valence-electron chi connectivity index (χ4n) is 2.55. The van der Waals surface area contributed by atoms with Crippen LogP contribution >= 0.6 is 11.8 Å². The minimum atomic E-state index is 0.301. The topological polar surface area (TPSA) is 15.3 Å². The Labute approximate surface area is 112 Å². The Kier molecular flexibility index (Phi) is 7.56. The maximum absolute atomic E-state index is 3.62. The van der Waals surface area contributed by atoms with Crippen LogP contribution in [0.1, 0.15) is 46.0 Å². The highest BCUT2D eigenvalue weighted by atomic mass is 32.2. The maximum atomic E-state index is 3.62. The molecule has 17 heavy (non-hydrogen) atoms. The van der Waals surface area contributed by atoms with Crippen LogP contribution in [0, 0.1) is 0 Å². The van der Waals surface area contributed by atoms with E-state index < -0.39 is 0 Å². The van der Waals surface area contributed by atoms with Crippen molar-refractivity contribution < 1.29 is 0 Å². The van der Waals surface area contributed by atoms with Gasteiger partial charge in [-0.15, -0.1) is 0 Å². The first-order chi connectivity index (χ1) is 8.14. The molecule has 2 nitrogen and oxygen atoms in total. The van der Waals surface area contributed by atoms with E-state index in [1.54, 1.807) is 0 Å². The molecule has 0 unspecified atom stereocenters. The molecule has 3 heteroatoms. The predicted molar refractivity (Wildman–Crippen MR) is 80.0 cm³/mol. The average Bonchev–Trinajstić information content (AvgIpc) is 2.44. The smallest absolute Gasteiger partial charge is 0.0252 e. The zero-order valence-corrected chi connectivity index (χ0v) is 12.7. The van der Waals surface area contributed by atoms with Crippen LogP contribution in [0.2, 0.25) is 0 Å². The van der Waals surface area contributed by atoms with E-state index in [2.05, 4.69) is 30.3 Å². The molecule has 1 fully saturated rings. The van der Waals surface area contributed by atoms with E-state index in [-0.39, 0.29) is 0 Å². The van der Waals surface area contributed by atoms with E-state index in [1.807, 2.05) is 11.8 Å². The van der Waals surface area contributed by atoms with Gasteiger partial charge >= 0.3 is 0 Å². The van der Waals surface area contributed by atoms with Crippen molar-refractivity contribution in [3.8, 4) is 0 Å². The Morgan fingerprint density at radius 1 is 1.18 bits per heavy atom. The van der Waals surface area contributed by atoms with Crippen LogP contribution in [0.15, 0.2) is 0 Å². The van der Waals surface area contributed by atoms with E-state index in [1.165, 1.54) is 64.0 Å². The van der Waals surface area contributed by atoms with Crippen LogP contribution in [0.25, 0.3) is 0 Å². The lowest BCUT2D eigenvalue weighted by Gasteiger charge is -2.30. The molecule has 0 amide bonds. The molecule has 1 aliphatic heterocycles. The van der Waals surface area contributed by atoms with Gasteiger partial charge in [-0.1, -0.05) is 12.8 Å². The maximum Gasteiger partial charge on any atom is 0.0252 e. The number of hydrogen-bond donors (Lipinski definition) is 1. The summed E-state index contributed by atoms with van der Waals surface area (Å²) in [6, 6.07) is 0. The second-order valence-corrected chi connectivity index (χ2v) is 6.83. The SMILES string of the molecule is CSCCCCCCN1CCCNC(C)(C)C1. The van der Waals surface area contributed by atoms with Gasteiger partial charge in [-0.25, -0.2) is 0 Å². The third kappa shape index (κ3) is 7.32. The quantitative estimate of drug-likeness (QED) is 0.707. The highest BCUT2D eigenvalue weighted by Gasteiger charge is 2.23. The predicted octanol–water partition coefficient (Wildman–Crippen LogP) is 2.98. The molecule has 1 N–H and O–H groups in total. The molecule has 0 aliphatic carbocycles. The highest BCUT2D eigenvalue weighted by Crippen LogP contribution is 2.12. The molecule has 0 aromatic carbocycles. The van der Waals surface area contributed by atoms with Gasteiger partial charge in [0.25, 0.3) is 0 Å². The average molecular weight is 258 g/mol. The first kappa shape index (κ1) is 15.3. The molecule has 0 saturated carbocycles. The van der Waals surface area contributed by atoms with Crippen LogP contribution < -0.4 is 5.32 Å². The lowest BCUT2D eigenvalue weighted by Crippen LogP contribution is -2.46. The van der Waals surface area contributed by atoms with Crippen molar-refractivity contribution in [2.24, 2.45) is 0 Å². The molecule has 1 heterocycles. The summed E-state index contributed by atoms with van der Waals surface area (Å²) in [7, 11) is 0. The molecule has 0 aromatic heterocycles. The molecule has 0 aromatic rings. The number of nitrogens with one attached hydrogen (secondary N) is 1. The lowest BCUT2D eigenvalue weighted by atomic mass is 10.1. The van der Waals surface area contributed by atoms with Gasteiger partial charge in [0.1, 0.15) is 0 Å². The summed E-state index contributed by atoms with van der Waals surface area (Å²) in [4.78, 5) is 2.65. The number of nitrogens with zero attached hydrogens (tertiary/aromatic N) is 1. The monoisotopic (exact) mass is 258 g/mol. The first-order valence-electron chi connectivity index (χ1n) is 7.10. The third-order valence-electron chi connectivity index (χ3n) is 3.45. The summed E-state index contributed by atoms with van der Waals surface area (Å²) < 4.78 is 0. The minimum absolute atomic E-state index is 0.301. The standard InChI is InChI=1S/C14H30N2S/c1-14(2)13-16(11-8-9-15-14)10-6-4-5-7-12-17-3/h15H,4-13H2,1-3H3. The van der Waals surface area contributed by atoms with Crippen LogP contribution in [0.5, 0.6) is 0 Å². The van der Waals surface area contributed by atoms with Crippen molar-refractivity contribution >= 4 is 11.8 Å². The van der Waals surface area contributed by atoms with E-state index in [0.29, 0.717) is 5.54 Å². The van der Waals surface area contributed by atoms with Crippen LogP contribution in [0.3, 0.4) is 0 Å². The van der Waals surface area contributed by atoms with Gasteiger partial charge in [0, 0.05) is 12.1 Å². The molecule has 1 saturated heterocycles. The number of rotatable bonds is 7. The van der Waals surface area contributed by atoms with Gasteiger partial charge in [0.05, 0.1) is 0 Å². The molecule has 1 rings (SSSR count). The summed E-state index contributed by atoms with van der Waals surface area (Å²) in [5.74, 6) is 1.33. The summed E-state index contributed by atoms with van der Waals surface area (Å²) in [6.45, 7) is 9.61. The summed E-state index contributed by atoms with van der Waals surface area (Å²) in [6.07, 6.45) is 9.10. The highest BCUT2D eigenvalue weighted by molar-refractivity contribution is 7.98. The van der Waals surface area contributed by atoms with Gasteiger partial charge in [0.2, 0.25) is 0 Å². The molecule has 0 radical (unpaired) electrons. The third-order valence-corrected chi connectivity index (χ3v) is 4.14.